The molecule has 0 bridgehead atoms. The largest absolute Gasteiger partial charge is 0.481 e. The standard InChI is InChI=1S/C13H13F2N3O/c1-19-13-10(3-2-5-17-13)9-4-6-16-7-11(9)18-8-12(14)15/h2-7,12,18H,8H2,1H3. The van der Waals surface area contributed by atoms with Gasteiger partial charge in [0.1, 0.15) is 0 Å². The van der Waals surface area contributed by atoms with E-state index in [1.54, 1.807) is 24.5 Å². The maximum atomic E-state index is 12.3. The summed E-state index contributed by atoms with van der Waals surface area (Å²) in [5.74, 6) is 0.439. The van der Waals surface area contributed by atoms with E-state index in [1.807, 2.05) is 6.07 Å². The van der Waals surface area contributed by atoms with Crippen LogP contribution in [0.1, 0.15) is 0 Å². The smallest absolute Gasteiger partial charge is 0.255 e. The molecule has 2 heterocycles. The average molecular weight is 265 g/mol. The first-order valence-electron chi connectivity index (χ1n) is 5.67. The van der Waals surface area contributed by atoms with Crippen LogP contribution in [0.5, 0.6) is 5.88 Å². The molecule has 0 saturated heterocycles. The first kappa shape index (κ1) is 13.2. The monoisotopic (exact) mass is 265 g/mol. The van der Waals surface area contributed by atoms with E-state index >= 15 is 0 Å². The number of alkyl halides is 2. The second-order valence-electron chi connectivity index (χ2n) is 3.75. The zero-order valence-electron chi connectivity index (χ0n) is 10.3. The van der Waals surface area contributed by atoms with Gasteiger partial charge in [0.25, 0.3) is 6.43 Å². The molecule has 1 N–H and O–H groups in total. The molecule has 0 aliphatic rings. The highest BCUT2D eigenvalue weighted by Crippen LogP contribution is 2.32. The third-order valence-corrected chi connectivity index (χ3v) is 2.52. The molecule has 2 rings (SSSR count). The van der Waals surface area contributed by atoms with E-state index in [-0.39, 0.29) is 0 Å². The van der Waals surface area contributed by atoms with Crippen LogP contribution in [0.3, 0.4) is 0 Å². The van der Waals surface area contributed by atoms with Gasteiger partial charge in [-0.25, -0.2) is 13.8 Å². The molecule has 0 aromatic carbocycles. The molecule has 0 amide bonds. The summed E-state index contributed by atoms with van der Waals surface area (Å²) in [6, 6.07) is 5.30. The average Bonchev–Trinajstić information content (AvgIpc) is 2.45. The number of pyridine rings is 2. The molecule has 0 spiro atoms. The number of methoxy groups -OCH3 is 1. The number of ether oxygens (including phenoxy) is 1. The number of nitrogens with zero attached hydrogens (tertiary/aromatic N) is 2. The third-order valence-electron chi connectivity index (χ3n) is 2.52. The number of nitrogens with one attached hydrogen (secondary N) is 1. The molecule has 2 aromatic rings. The fourth-order valence-corrected chi connectivity index (χ4v) is 1.72. The van der Waals surface area contributed by atoms with E-state index in [0.29, 0.717) is 11.6 Å². The van der Waals surface area contributed by atoms with Crippen molar-refractivity contribution < 1.29 is 13.5 Å². The fraction of sp³-hybridized carbons (Fsp3) is 0.231. The van der Waals surface area contributed by atoms with E-state index in [1.165, 1.54) is 13.3 Å². The quantitative estimate of drug-likeness (QED) is 0.903. The van der Waals surface area contributed by atoms with Crippen molar-refractivity contribution in [3.8, 4) is 17.0 Å². The van der Waals surface area contributed by atoms with Gasteiger partial charge in [0.15, 0.2) is 0 Å². The van der Waals surface area contributed by atoms with Crippen molar-refractivity contribution in [2.75, 3.05) is 19.0 Å². The molecule has 0 aliphatic heterocycles. The Morgan fingerprint density at radius 2 is 2.11 bits per heavy atom. The van der Waals surface area contributed by atoms with Crippen LogP contribution in [-0.2, 0) is 0 Å². The summed E-state index contributed by atoms with van der Waals surface area (Å²) in [4.78, 5) is 8.03. The summed E-state index contributed by atoms with van der Waals surface area (Å²) in [6.07, 6.45) is 2.28. The third kappa shape index (κ3) is 3.15. The van der Waals surface area contributed by atoms with Gasteiger partial charge in [-0.3, -0.25) is 4.98 Å². The highest BCUT2D eigenvalue weighted by atomic mass is 19.3. The van der Waals surface area contributed by atoms with Gasteiger partial charge in [-0.2, -0.15) is 0 Å². The summed E-state index contributed by atoms with van der Waals surface area (Å²) in [5.41, 5.74) is 1.97. The van der Waals surface area contributed by atoms with Gasteiger partial charge in [0, 0.05) is 23.5 Å². The molecule has 0 unspecified atom stereocenters. The van der Waals surface area contributed by atoms with Gasteiger partial charge >= 0.3 is 0 Å². The van der Waals surface area contributed by atoms with Gasteiger partial charge in [-0.1, -0.05) is 0 Å². The molecule has 0 fully saturated rings. The Labute approximate surface area is 109 Å². The second-order valence-corrected chi connectivity index (χ2v) is 3.75. The minimum absolute atomic E-state index is 0.429. The number of aromatic nitrogens is 2. The Morgan fingerprint density at radius 3 is 2.84 bits per heavy atom. The van der Waals surface area contributed by atoms with Crippen molar-refractivity contribution in [1.82, 2.24) is 9.97 Å². The molecular weight excluding hydrogens is 252 g/mol. The normalized spacial score (nSPS) is 10.5. The highest BCUT2D eigenvalue weighted by Gasteiger charge is 2.12. The summed E-state index contributed by atoms with van der Waals surface area (Å²) in [5, 5.41) is 2.67. The number of anilines is 1. The van der Waals surface area contributed by atoms with Crippen LogP contribution >= 0.6 is 0 Å². The van der Waals surface area contributed by atoms with E-state index in [9.17, 15) is 8.78 Å². The summed E-state index contributed by atoms with van der Waals surface area (Å²) < 4.78 is 29.7. The van der Waals surface area contributed by atoms with Crippen LogP contribution < -0.4 is 10.1 Å². The van der Waals surface area contributed by atoms with Crippen LogP contribution in [0.2, 0.25) is 0 Å². The molecule has 100 valence electrons. The van der Waals surface area contributed by atoms with Gasteiger partial charge in [-0.15, -0.1) is 0 Å². The number of rotatable bonds is 5. The van der Waals surface area contributed by atoms with Gasteiger partial charge in [-0.05, 0) is 18.2 Å². The van der Waals surface area contributed by atoms with Gasteiger partial charge in [0.2, 0.25) is 5.88 Å². The summed E-state index contributed by atoms with van der Waals surface area (Å²) >= 11 is 0. The zero-order valence-corrected chi connectivity index (χ0v) is 10.3. The van der Waals surface area contributed by atoms with E-state index < -0.39 is 13.0 Å². The Balaban J connectivity index is 2.38. The molecule has 19 heavy (non-hydrogen) atoms. The molecule has 0 saturated carbocycles. The van der Waals surface area contributed by atoms with Crippen LogP contribution in [-0.4, -0.2) is 30.0 Å². The van der Waals surface area contributed by atoms with Crippen molar-refractivity contribution in [2.45, 2.75) is 6.43 Å². The minimum atomic E-state index is -2.43. The van der Waals surface area contributed by atoms with Crippen molar-refractivity contribution in [1.29, 1.82) is 0 Å². The van der Waals surface area contributed by atoms with E-state index in [4.69, 9.17) is 4.74 Å². The Bertz CT molecular complexity index is 549. The zero-order chi connectivity index (χ0) is 13.7. The number of hydrogen-bond acceptors (Lipinski definition) is 4. The highest BCUT2D eigenvalue weighted by molar-refractivity contribution is 5.79. The molecular formula is C13H13F2N3O. The molecule has 2 aromatic heterocycles. The Kier molecular flexibility index (Phi) is 4.22. The molecule has 6 heteroatoms. The van der Waals surface area contributed by atoms with E-state index in [2.05, 4.69) is 15.3 Å². The van der Waals surface area contributed by atoms with Crippen LogP contribution in [0.15, 0.2) is 36.8 Å². The molecule has 0 atom stereocenters. The predicted molar refractivity (Wildman–Crippen MR) is 68.5 cm³/mol. The Hall–Kier alpha value is -2.24. The van der Waals surface area contributed by atoms with Crippen LogP contribution in [0.4, 0.5) is 14.5 Å². The lowest BCUT2D eigenvalue weighted by atomic mass is 10.1. The topological polar surface area (TPSA) is 47.0 Å². The van der Waals surface area contributed by atoms with E-state index in [0.717, 1.165) is 11.1 Å². The van der Waals surface area contributed by atoms with Crippen LogP contribution in [0.25, 0.3) is 11.1 Å². The summed E-state index contributed by atoms with van der Waals surface area (Å²) in [6.45, 7) is -0.429. The molecule has 0 radical (unpaired) electrons. The number of hydrogen-bond donors (Lipinski definition) is 1. The lowest BCUT2D eigenvalue weighted by Crippen LogP contribution is -2.11. The summed E-state index contributed by atoms with van der Waals surface area (Å²) in [7, 11) is 1.51. The molecule has 4 nitrogen and oxygen atoms in total. The molecule has 0 aliphatic carbocycles. The minimum Gasteiger partial charge on any atom is -0.481 e. The van der Waals surface area contributed by atoms with Gasteiger partial charge in [0.05, 0.1) is 25.5 Å². The first-order chi connectivity index (χ1) is 9.22. The predicted octanol–water partition coefficient (Wildman–Crippen LogP) is 2.83. The van der Waals surface area contributed by atoms with Crippen LogP contribution in [0, 0.1) is 0 Å². The van der Waals surface area contributed by atoms with Crippen molar-refractivity contribution >= 4 is 5.69 Å². The second kappa shape index (κ2) is 6.08. The van der Waals surface area contributed by atoms with Crippen molar-refractivity contribution in [2.24, 2.45) is 0 Å². The lowest BCUT2D eigenvalue weighted by molar-refractivity contribution is 0.163. The fourth-order valence-electron chi connectivity index (χ4n) is 1.72. The van der Waals surface area contributed by atoms with Crippen molar-refractivity contribution in [3.05, 3.63) is 36.8 Å². The lowest BCUT2D eigenvalue weighted by Gasteiger charge is -2.13. The number of halogens is 2. The van der Waals surface area contributed by atoms with Gasteiger partial charge < -0.3 is 10.1 Å². The first-order valence-corrected chi connectivity index (χ1v) is 5.67. The SMILES string of the molecule is COc1ncccc1-c1ccncc1NCC(F)F. The Morgan fingerprint density at radius 1 is 1.26 bits per heavy atom. The van der Waals surface area contributed by atoms with Crippen molar-refractivity contribution in [3.63, 3.8) is 0 Å². The maximum absolute atomic E-state index is 12.3. The maximum Gasteiger partial charge on any atom is 0.255 e.